The van der Waals surface area contributed by atoms with E-state index in [0.29, 0.717) is 45.7 Å². The van der Waals surface area contributed by atoms with Crippen LogP contribution in [-0.2, 0) is 6.42 Å². The van der Waals surface area contributed by atoms with E-state index >= 15 is 0 Å². The van der Waals surface area contributed by atoms with Crippen LogP contribution in [0.3, 0.4) is 0 Å². The maximum Gasteiger partial charge on any atom is 0.226 e. The molecule has 1 aliphatic carbocycles. The summed E-state index contributed by atoms with van der Waals surface area (Å²) in [6.07, 6.45) is 5.48. The first-order valence-corrected chi connectivity index (χ1v) is 11.4. The zero-order chi connectivity index (χ0) is 22.0. The largest absolute Gasteiger partial charge is 0.454 e. The van der Waals surface area contributed by atoms with E-state index in [4.69, 9.17) is 21.0 Å². The highest BCUT2D eigenvalue weighted by molar-refractivity contribution is 6.32. The van der Waals surface area contributed by atoms with E-state index in [9.17, 15) is 5.11 Å². The number of halogens is 1. The number of pyridine rings is 1. The number of rotatable bonds is 8. The van der Waals surface area contributed by atoms with Crippen LogP contribution in [0.15, 0.2) is 22.7 Å². The lowest BCUT2D eigenvalue weighted by Gasteiger charge is -2.18. The fourth-order valence-electron chi connectivity index (χ4n) is 4.00. The molecular formula is C23H30ClN5O2. The van der Waals surface area contributed by atoms with Gasteiger partial charge in [-0.25, -0.2) is 4.98 Å². The lowest BCUT2D eigenvalue weighted by atomic mass is 10.1. The van der Waals surface area contributed by atoms with Gasteiger partial charge in [-0.15, -0.1) is 0 Å². The zero-order valence-electron chi connectivity index (χ0n) is 18.3. The van der Waals surface area contributed by atoms with Gasteiger partial charge in [0.05, 0.1) is 11.8 Å². The number of hydrogen-bond acceptors (Lipinski definition) is 7. The van der Waals surface area contributed by atoms with Gasteiger partial charge in [0.1, 0.15) is 16.7 Å². The van der Waals surface area contributed by atoms with E-state index < -0.39 is 0 Å². The first kappa shape index (κ1) is 21.8. The van der Waals surface area contributed by atoms with Crippen LogP contribution >= 0.6 is 11.6 Å². The van der Waals surface area contributed by atoms with Gasteiger partial charge >= 0.3 is 0 Å². The molecule has 166 valence electrons. The average Bonchev–Trinajstić information content (AvgIpc) is 3.37. The lowest BCUT2D eigenvalue weighted by Crippen LogP contribution is -2.19. The summed E-state index contributed by atoms with van der Waals surface area (Å²) < 4.78 is 6.09. The molecule has 0 aromatic carbocycles. The van der Waals surface area contributed by atoms with Gasteiger partial charge in [0, 0.05) is 30.3 Å². The SMILES string of the molecule is CCc1cc2cc(-c3c(Cl)nc(NCC(C)C)nc3N[C@H]3CC[C@@H](CO)C3)oc2cn1. The molecule has 3 aromatic rings. The Labute approximate surface area is 187 Å². The second-order valence-corrected chi connectivity index (χ2v) is 9.07. The molecule has 1 saturated carbocycles. The number of nitrogens with zero attached hydrogens (tertiary/aromatic N) is 3. The topological polar surface area (TPSA) is 96.1 Å². The molecule has 0 amide bonds. The number of aryl methyl sites for hydroxylation is 1. The van der Waals surface area contributed by atoms with Crippen molar-refractivity contribution in [1.82, 2.24) is 15.0 Å². The molecule has 7 nitrogen and oxygen atoms in total. The number of aliphatic hydroxyl groups excluding tert-OH is 1. The smallest absolute Gasteiger partial charge is 0.226 e. The Hall–Kier alpha value is -2.38. The highest BCUT2D eigenvalue weighted by Gasteiger charge is 2.27. The first-order chi connectivity index (χ1) is 15.0. The predicted octanol–water partition coefficient (Wildman–Crippen LogP) is 5.14. The van der Waals surface area contributed by atoms with E-state index in [2.05, 4.69) is 41.4 Å². The maximum absolute atomic E-state index is 9.51. The van der Waals surface area contributed by atoms with E-state index in [1.54, 1.807) is 6.20 Å². The Morgan fingerprint density at radius 2 is 2.10 bits per heavy atom. The van der Waals surface area contributed by atoms with E-state index in [0.717, 1.165) is 43.3 Å². The Bertz CT molecular complexity index is 1050. The van der Waals surface area contributed by atoms with Gasteiger partial charge in [-0.2, -0.15) is 4.98 Å². The van der Waals surface area contributed by atoms with Crippen molar-refractivity contribution in [3.63, 3.8) is 0 Å². The molecule has 0 spiro atoms. The molecule has 3 N–H and O–H groups in total. The summed E-state index contributed by atoms with van der Waals surface area (Å²) in [6.45, 7) is 7.30. The van der Waals surface area contributed by atoms with Crippen LogP contribution in [0.1, 0.15) is 45.7 Å². The maximum atomic E-state index is 9.51. The highest BCUT2D eigenvalue weighted by atomic mass is 35.5. The third kappa shape index (κ3) is 4.93. The van der Waals surface area contributed by atoms with Crippen molar-refractivity contribution >= 4 is 34.3 Å². The standard InChI is InChI=1S/C23H30ClN5O2/c1-4-16-8-15-9-18(31-19(15)11-25-16)20-21(24)28-23(26-10-13(2)3)29-22(20)27-17-6-5-14(7-17)12-30/h8-9,11,13-14,17,30H,4-7,10,12H2,1-3H3,(H2,26,27,28,29)/t14-,17+/m1/s1. The van der Waals surface area contributed by atoms with Gasteiger partial charge < -0.3 is 20.2 Å². The number of fused-ring (bicyclic) bond motifs is 1. The summed E-state index contributed by atoms with van der Waals surface area (Å²) >= 11 is 6.67. The monoisotopic (exact) mass is 443 g/mol. The predicted molar refractivity (Wildman–Crippen MR) is 125 cm³/mol. The molecule has 4 rings (SSSR count). The number of hydrogen-bond donors (Lipinski definition) is 3. The van der Waals surface area contributed by atoms with Gasteiger partial charge in [-0.05, 0) is 49.7 Å². The average molecular weight is 444 g/mol. The first-order valence-electron chi connectivity index (χ1n) is 11.0. The van der Waals surface area contributed by atoms with Crippen LogP contribution in [0.2, 0.25) is 5.15 Å². The van der Waals surface area contributed by atoms with Crippen molar-refractivity contribution in [2.75, 3.05) is 23.8 Å². The zero-order valence-corrected chi connectivity index (χ0v) is 19.0. The van der Waals surface area contributed by atoms with Gasteiger partial charge in [0.2, 0.25) is 5.95 Å². The highest BCUT2D eigenvalue weighted by Crippen LogP contribution is 2.38. The molecular weight excluding hydrogens is 414 g/mol. The summed E-state index contributed by atoms with van der Waals surface area (Å²) in [7, 11) is 0. The van der Waals surface area contributed by atoms with E-state index in [1.165, 1.54) is 0 Å². The minimum atomic E-state index is 0.215. The van der Waals surface area contributed by atoms with Crippen LogP contribution in [0.4, 0.5) is 11.8 Å². The molecule has 0 unspecified atom stereocenters. The van der Waals surface area contributed by atoms with Crippen molar-refractivity contribution in [1.29, 1.82) is 0 Å². The molecule has 8 heteroatoms. The normalized spacial score (nSPS) is 18.8. The Morgan fingerprint density at radius 1 is 1.26 bits per heavy atom. The van der Waals surface area contributed by atoms with Crippen LogP contribution in [0, 0.1) is 11.8 Å². The Morgan fingerprint density at radius 3 is 2.81 bits per heavy atom. The summed E-state index contributed by atoms with van der Waals surface area (Å²) in [5, 5.41) is 17.6. The van der Waals surface area contributed by atoms with Crippen LogP contribution < -0.4 is 10.6 Å². The van der Waals surface area contributed by atoms with E-state index in [-0.39, 0.29) is 12.6 Å². The van der Waals surface area contributed by atoms with E-state index in [1.807, 2.05) is 12.1 Å². The molecule has 3 heterocycles. The van der Waals surface area contributed by atoms with Gasteiger partial charge in [0.25, 0.3) is 0 Å². The molecule has 0 radical (unpaired) electrons. The summed E-state index contributed by atoms with van der Waals surface area (Å²) in [5.41, 5.74) is 2.37. The fraction of sp³-hybridized carbons (Fsp3) is 0.522. The van der Waals surface area contributed by atoms with Gasteiger partial charge in [-0.3, -0.25) is 4.98 Å². The van der Waals surface area contributed by atoms with Crippen LogP contribution in [0.25, 0.3) is 22.3 Å². The second-order valence-electron chi connectivity index (χ2n) is 8.72. The molecule has 31 heavy (non-hydrogen) atoms. The molecule has 0 aliphatic heterocycles. The third-order valence-corrected chi connectivity index (χ3v) is 6.02. The molecule has 1 fully saturated rings. The molecule has 0 bridgehead atoms. The van der Waals surface area contributed by atoms with Crippen molar-refractivity contribution in [2.45, 2.75) is 52.5 Å². The van der Waals surface area contributed by atoms with Gasteiger partial charge in [0.15, 0.2) is 5.58 Å². The van der Waals surface area contributed by atoms with Crippen LogP contribution in [0.5, 0.6) is 0 Å². The quantitative estimate of drug-likeness (QED) is 0.414. The second kappa shape index (κ2) is 9.40. The van der Waals surface area contributed by atoms with Crippen molar-refractivity contribution < 1.29 is 9.52 Å². The molecule has 3 aromatic heterocycles. The Kier molecular flexibility index (Phi) is 6.62. The number of aliphatic hydroxyl groups is 1. The molecule has 1 aliphatic rings. The summed E-state index contributed by atoms with van der Waals surface area (Å²) in [5.74, 6) is 2.53. The van der Waals surface area contributed by atoms with Gasteiger partial charge in [-0.1, -0.05) is 32.4 Å². The Balaban J connectivity index is 1.72. The van der Waals surface area contributed by atoms with Crippen LogP contribution in [-0.4, -0.2) is 39.3 Å². The summed E-state index contributed by atoms with van der Waals surface area (Å²) in [6, 6.07) is 4.22. The minimum absolute atomic E-state index is 0.215. The number of nitrogens with one attached hydrogen (secondary N) is 2. The summed E-state index contributed by atoms with van der Waals surface area (Å²) in [4.78, 5) is 13.6. The molecule has 0 saturated heterocycles. The number of anilines is 2. The third-order valence-electron chi connectivity index (χ3n) is 5.74. The lowest BCUT2D eigenvalue weighted by molar-refractivity contribution is 0.229. The van der Waals surface area contributed by atoms with Crippen molar-refractivity contribution in [3.05, 3.63) is 29.2 Å². The fourth-order valence-corrected chi connectivity index (χ4v) is 4.27. The molecule has 2 atom stereocenters. The van der Waals surface area contributed by atoms with Crippen molar-refractivity contribution in [2.24, 2.45) is 11.8 Å². The van der Waals surface area contributed by atoms with Crippen molar-refractivity contribution in [3.8, 4) is 11.3 Å². The number of aromatic nitrogens is 3. The minimum Gasteiger partial charge on any atom is -0.454 e. The number of furan rings is 1.